The van der Waals surface area contributed by atoms with Crippen LogP contribution in [0.4, 0.5) is 0 Å². The molecule has 0 aromatic carbocycles. The third kappa shape index (κ3) is 2.54. The number of likely N-dealkylation sites (tertiary alicyclic amines) is 1. The Kier molecular flexibility index (Phi) is 3.69. The van der Waals surface area contributed by atoms with Crippen molar-refractivity contribution in [1.82, 2.24) is 4.90 Å². The van der Waals surface area contributed by atoms with E-state index in [4.69, 9.17) is 5.26 Å². The second kappa shape index (κ2) is 4.84. The molecule has 2 rings (SSSR count). The average Bonchev–Trinajstić information content (AvgIpc) is 2.24. The van der Waals surface area contributed by atoms with Crippen LogP contribution in [-0.2, 0) is 0 Å². The van der Waals surface area contributed by atoms with Gasteiger partial charge < -0.3 is 4.90 Å². The number of halogens is 1. The number of hydrogen-bond donors (Lipinski definition) is 0. The molecule has 0 bridgehead atoms. The van der Waals surface area contributed by atoms with Gasteiger partial charge in [-0.2, -0.15) is 5.26 Å². The molecule has 0 spiro atoms. The van der Waals surface area contributed by atoms with Crippen LogP contribution < -0.4 is 0 Å². The lowest BCUT2D eigenvalue weighted by molar-refractivity contribution is 0.0740. The van der Waals surface area contributed by atoms with Crippen molar-refractivity contribution in [1.29, 1.82) is 5.26 Å². The first-order valence-electron chi connectivity index (χ1n) is 5.96. The zero-order valence-corrected chi connectivity index (χ0v) is 10.8. The van der Waals surface area contributed by atoms with Crippen LogP contribution in [0.25, 0.3) is 0 Å². The van der Waals surface area contributed by atoms with Gasteiger partial charge >= 0.3 is 0 Å². The largest absolute Gasteiger partial charge is 0.303 e. The van der Waals surface area contributed by atoms with Crippen molar-refractivity contribution in [2.45, 2.75) is 32.1 Å². The molecule has 0 N–H and O–H groups in total. The zero-order valence-electron chi connectivity index (χ0n) is 9.21. The quantitative estimate of drug-likeness (QED) is 0.738. The van der Waals surface area contributed by atoms with Crippen LogP contribution in [0.3, 0.4) is 0 Å². The summed E-state index contributed by atoms with van der Waals surface area (Å²) in [6.07, 6.45) is 6.33. The maximum Gasteiger partial charge on any atom is 0.0656 e. The van der Waals surface area contributed by atoms with E-state index in [9.17, 15) is 0 Å². The molecule has 15 heavy (non-hydrogen) atoms. The summed E-state index contributed by atoms with van der Waals surface area (Å²) in [6, 6.07) is 2.39. The highest BCUT2D eigenvalue weighted by molar-refractivity contribution is 9.09. The minimum atomic E-state index is 0.322. The smallest absolute Gasteiger partial charge is 0.0656 e. The van der Waals surface area contributed by atoms with Gasteiger partial charge in [-0.3, -0.25) is 0 Å². The Bertz CT molecular complexity index is 241. The zero-order chi connectivity index (χ0) is 10.7. The van der Waals surface area contributed by atoms with E-state index in [0.717, 1.165) is 31.3 Å². The second-order valence-corrected chi connectivity index (χ2v) is 5.73. The number of nitriles is 1. The lowest BCUT2D eigenvalue weighted by atomic mass is 9.70. The summed E-state index contributed by atoms with van der Waals surface area (Å²) >= 11 is 3.66. The van der Waals surface area contributed by atoms with E-state index in [1.807, 2.05) is 0 Å². The predicted molar refractivity (Wildman–Crippen MR) is 64.9 cm³/mol. The Morgan fingerprint density at radius 2 is 2.00 bits per heavy atom. The van der Waals surface area contributed by atoms with E-state index in [1.165, 1.54) is 25.8 Å². The van der Waals surface area contributed by atoms with Crippen molar-refractivity contribution >= 4 is 15.9 Å². The first-order valence-corrected chi connectivity index (χ1v) is 7.08. The van der Waals surface area contributed by atoms with E-state index < -0.39 is 0 Å². The minimum Gasteiger partial charge on any atom is -0.303 e. The van der Waals surface area contributed by atoms with Crippen LogP contribution in [0, 0.1) is 22.7 Å². The van der Waals surface area contributed by atoms with Crippen LogP contribution in [0.2, 0.25) is 0 Å². The molecule has 1 saturated heterocycles. The van der Waals surface area contributed by atoms with Crippen molar-refractivity contribution in [2.24, 2.45) is 11.3 Å². The summed E-state index contributed by atoms with van der Waals surface area (Å²) in [5.41, 5.74) is 0.569. The lowest BCUT2D eigenvalue weighted by Gasteiger charge is -2.45. The normalized spacial score (nSPS) is 26.9. The molecule has 1 heterocycles. The molecular formula is C12H19BrN2. The summed E-state index contributed by atoms with van der Waals surface area (Å²) in [4.78, 5) is 2.56. The molecule has 2 fully saturated rings. The van der Waals surface area contributed by atoms with Crippen molar-refractivity contribution in [3.63, 3.8) is 0 Å². The van der Waals surface area contributed by atoms with Gasteiger partial charge in [0.25, 0.3) is 0 Å². The molecule has 0 unspecified atom stereocenters. The van der Waals surface area contributed by atoms with Crippen LogP contribution in [-0.4, -0.2) is 29.9 Å². The van der Waals surface area contributed by atoms with Gasteiger partial charge in [-0.05, 0) is 44.2 Å². The van der Waals surface area contributed by atoms with Gasteiger partial charge in [0.15, 0.2) is 0 Å². The molecule has 1 aliphatic carbocycles. The summed E-state index contributed by atoms with van der Waals surface area (Å²) in [7, 11) is 0. The highest BCUT2D eigenvalue weighted by Gasteiger charge is 2.37. The van der Waals surface area contributed by atoms with Crippen molar-refractivity contribution in [2.75, 3.05) is 25.0 Å². The van der Waals surface area contributed by atoms with E-state index in [2.05, 4.69) is 26.9 Å². The van der Waals surface area contributed by atoms with Crippen LogP contribution in [0.5, 0.6) is 0 Å². The summed E-state index contributed by atoms with van der Waals surface area (Å²) in [6.45, 7) is 3.51. The molecule has 2 nitrogen and oxygen atoms in total. The fraction of sp³-hybridized carbons (Fsp3) is 0.917. The first kappa shape index (κ1) is 11.4. The maximum absolute atomic E-state index is 8.84. The highest BCUT2D eigenvalue weighted by atomic mass is 79.9. The number of alkyl halides is 1. The van der Waals surface area contributed by atoms with Gasteiger partial charge in [-0.1, -0.05) is 22.4 Å². The molecule has 3 heteroatoms. The average molecular weight is 271 g/mol. The standard InChI is InChI=1S/C12H19BrN2/c13-9-12(4-1-5-12)10-15-6-2-11(8-14)3-7-15/h11H,1-7,9-10H2. The van der Waals surface area contributed by atoms with E-state index in [-0.39, 0.29) is 0 Å². The molecule has 84 valence electrons. The molecule has 0 aromatic rings. The van der Waals surface area contributed by atoms with Crippen LogP contribution in [0.15, 0.2) is 0 Å². The van der Waals surface area contributed by atoms with E-state index >= 15 is 0 Å². The fourth-order valence-electron chi connectivity index (χ4n) is 2.71. The van der Waals surface area contributed by atoms with Crippen molar-refractivity contribution in [3.8, 4) is 6.07 Å². The molecule has 0 radical (unpaired) electrons. The molecular weight excluding hydrogens is 252 g/mol. The molecule has 2 aliphatic rings. The Morgan fingerprint density at radius 1 is 1.33 bits per heavy atom. The maximum atomic E-state index is 8.84. The SMILES string of the molecule is N#CC1CCN(CC2(CBr)CCC2)CC1. The highest BCUT2D eigenvalue weighted by Crippen LogP contribution is 2.43. The number of rotatable bonds is 3. The van der Waals surface area contributed by atoms with Gasteiger partial charge in [0, 0.05) is 17.8 Å². The minimum absolute atomic E-state index is 0.322. The lowest BCUT2D eigenvalue weighted by Crippen LogP contribution is -2.46. The van der Waals surface area contributed by atoms with Gasteiger partial charge in [-0.15, -0.1) is 0 Å². The Balaban J connectivity index is 1.79. The fourth-order valence-corrected chi connectivity index (χ4v) is 3.44. The second-order valence-electron chi connectivity index (χ2n) is 5.17. The van der Waals surface area contributed by atoms with Crippen molar-refractivity contribution in [3.05, 3.63) is 0 Å². The monoisotopic (exact) mass is 270 g/mol. The van der Waals surface area contributed by atoms with Crippen molar-refractivity contribution < 1.29 is 0 Å². The molecule has 0 aromatic heterocycles. The molecule has 0 amide bonds. The first-order chi connectivity index (χ1) is 7.28. The predicted octanol–water partition coefficient (Wildman–Crippen LogP) is 2.79. The molecule has 1 saturated carbocycles. The Labute approximate surface area is 101 Å². The Morgan fingerprint density at radius 3 is 2.40 bits per heavy atom. The van der Waals surface area contributed by atoms with Gasteiger partial charge in [-0.25, -0.2) is 0 Å². The summed E-state index contributed by atoms with van der Waals surface area (Å²) in [5.74, 6) is 0.322. The number of piperidine rings is 1. The van der Waals surface area contributed by atoms with Gasteiger partial charge in [0.05, 0.1) is 6.07 Å². The van der Waals surface area contributed by atoms with Gasteiger partial charge in [0.2, 0.25) is 0 Å². The molecule has 0 atom stereocenters. The van der Waals surface area contributed by atoms with E-state index in [0.29, 0.717) is 11.3 Å². The van der Waals surface area contributed by atoms with E-state index in [1.54, 1.807) is 0 Å². The Hall–Kier alpha value is -0.0700. The summed E-state index contributed by atoms with van der Waals surface area (Å²) < 4.78 is 0. The number of hydrogen-bond acceptors (Lipinski definition) is 2. The van der Waals surface area contributed by atoms with Crippen LogP contribution >= 0.6 is 15.9 Å². The summed E-state index contributed by atoms with van der Waals surface area (Å²) in [5, 5.41) is 9.99. The van der Waals surface area contributed by atoms with Gasteiger partial charge in [0.1, 0.15) is 0 Å². The number of nitrogens with zero attached hydrogens (tertiary/aromatic N) is 2. The molecule has 1 aliphatic heterocycles. The van der Waals surface area contributed by atoms with Crippen LogP contribution in [0.1, 0.15) is 32.1 Å². The topological polar surface area (TPSA) is 27.0 Å². The third-order valence-corrected chi connectivity index (χ3v) is 5.22. The third-order valence-electron chi connectivity index (χ3n) is 4.03.